The van der Waals surface area contributed by atoms with Gasteiger partial charge >= 0.3 is 0 Å². The molecule has 25 heavy (non-hydrogen) atoms. The highest BCUT2D eigenvalue weighted by molar-refractivity contribution is 5.94. The molecule has 0 unspecified atom stereocenters. The number of hydrogen-bond acceptors (Lipinski definition) is 5. The summed E-state index contributed by atoms with van der Waals surface area (Å²) < 4.78 is 26.3. The zero-order valence-electron chi connectivity index (χ0n) is 14.1. The van der Waals surface area contributed by atoms with Gasteiger partial charge in [-0.25, -0.2) is 8.78 Å². The molecular formula is C17H19F2N5O. The fourth-order valence-corrected chi connectivity index (χ4v) is 2.68. The zero-order chi connectivity index (χ0) is 18.0. The fraction of sp³-hybridized carbons (Fsp3) is 0.353. The lowest BCUT2D eigenvalue weighted by atomic mass is 10.1. The van der Waals surface area contributed by atoms with Crippen molar-refractivity contribution in [1.82, 2.24) is 15.1 Å². The Morgan fingerprint density at radius 3 is 2.28 bits per heavy atom. The van der Waals surface area contributed by atoms with E-state index in [9.17, 15) is 13.6 Å². The Hall–Kier alpha value is -2.77. The van der Waals surface area contributed by atoms with Gasteiger partial charge in [0, 0.05) is 45.8 Å². The van der Waals surface area contributed by atoms with E-state index in [0.717, 1.165) is 23.8 Å². The Morgan fingerprint density at radius 1 is 1.00 bits per heavy atom. The first-order chi connectivity index (χ1) is 12.0. The molecule has 2 aromatic rings. The van der Waals surface area contributed by atoms with Gasteiger partial charge in [-0.2, -0.15) is 0 Å². The van der Waals surface area contributed by atoms with Crippen molar-refractivity contribution in [2.75, 3.05) is 50.1 Å². The van der Waals surface area contributed by atoms with Crippen molar-refractivity contribution >= 4 is 17.5 Å². The number of rotatable bonds is 3. The van der Waals surface area contributed by atoms with E-state index in [1.165, 1.54) is 6.07 Å². The molecule has 1 saturated heterocycles. The predicted molar refractivity (Wildman–Crippen MR) is 90.8 cm³/mol. The number of hydrogen-bond donors (Lipinski definition) is 0. The molecule has 1 aliphatic heterocycles. The van der Waals surface area contributed by atoms with Crippen LogP contribution in [-0.2, 0) is 0 Å². The van der Waals surface area contributed by atoms with Crippen molar-refractivity contribution in [3.63, 3.8) is 0 Å². The molecule has 1 amide bonds. The summed E-state index contributed by atoms with van der Waals surface area (Å²) in [6.07, 6.45) is 0. The first kappa shape index (κ1) is 17.1. The van der Waals surface area contributed by atoms with Crippen LogP contribution in [0.5, 0.6) is 0 Å². The summed E-state index contributed by atoms with van der Waals surface area (Å²) in [7, 11) is 3.79. The van der Waals surface area contributed by atoms with Gasteiger partial charge in [0.05, 0.1) is 0 Å². The maximum Gasteiger partial charge on any atom is 0.254 e. The Kier molecular flexibility index (Phi) is 4.78. The molecule has 1 fully saturated rings. The van der Waals surface area contributed by atoms with Crippen molar-refractivity contribution in [3.05, 3.63) is 47.5 Å². The third kappa shape index (κ3) is 3.67. The van der Waals surface area contributed by atoms with E-state index in [0.29, 0.717) is 26.2 Å². The molecule has 0 spiro atoms. The number of benzene rings is 1. The van der Waals surface area contributed by atoms with Crippen molar-refractivity contribution < 1.29 is 13.6 Å². The van der Waals surface area contributed by atoms with E-state index >= 15 is 0 Å². The number of halogens is 2. The standard InChI is InChI=1S/C17H19F2N5O/c1-22(2)15-5-6-16(21-20-15)23-7-9-24(10-8-23)17(25)12-3-4-13(18)14(19)11-12/h3-6,11H,7-10H2,1-2H3. The second-order valence-corrected chi connectivity index (χ2v) is 6.05. The largest absolute Gasteiger partial charge is 0.361 e. The lowest BCUT2D eigenvalue weighted by Crippen LogP contribution is -2.49. The van der Waals surface area contributed by atoms with Crippen LogP contribution in [0, 0.1) is 11.6 Å². The third-order valence-corrected chi connectivity index (χ3v) is 4.15. The van der Waals surface area contributed by atoms with Crippen LogP contribution in [0.25, 0.3) is 0 Å². The molecule has 1 aromatic heterocycles. The summed E-state index contributed by atoms with van der Waals surface area (Å²) in [5.74, 6) is -0.740. The van der Waals surface area contributed by atoms with Crippen LogP contribution < -0.4 is 9.80 Å². The maximum absolute atomic E-state index is 13.3. The second-order valence-electron chi connectivity index (χ2n) is 6.05. The van der Waals surface area contributed by atoms with Crippen LogP contribution in [0.15, 0.2) is 30.3 Å². The number of anilines is 2. The van der Waals surface area contributed by atoms with Gasteiger partial charge < -0.3 is 14.7 Å². The van der Waals surface area contributed by atoms with Gasteiger partial charge in [0.2, 0.25) is 0 Å². The first-order valence-corrected chi connectivity index (χ1v) is 7.96. The van der Waals surface area contributed by atoms with Crippen LogP contribution in [0.3, 0.4) is 0 Å². The summed E-state index contributed by atoms with van der Waals surface area (Å²) in [6.45, 7) is 2.17. The zero-order valence-corrected chi connectivity index (χ0v) is 14.1. The molecule has 6 nitrogen and oxygen atoms in total. The molecule has 1 aromatic carbocycles. The molecule has 0 radical (unpaired) electrons. The van der Waals surface area contributed by atoms with Gasteiger partial charge in [0.25, 0.3) is 5.91 Å². The highest BCUT2D eigenvalue weighted by Crippen LogP contribution is 2.17. The van der Waals surface area contributed by atoms with E-state index < -0.39 is 11.6 Å². The van der Waals surface area contributed by atoms with Gasteiger partial charge in [-0.3, -0.25) is 4.79 Å². The molecule has 0 saturated carbocycles. The minimum atomic E-state index is -1.01. The van der Waals surface area contributed by atoms with Crippen LogP contribution in [-0.4, -0.2) is 61.3 Å². The second kappa shape index (κ2) is 7.00. The topological polar surface area (TPSA) is 52.6 Å². The van der Waals surface area contributed by atoms with Gasteiger partial charge in [-0.15, -0.1) is 10.2 Å². The average molecular weight is 347 g/mol. The summed E-state index contributed by atoms with van der Waals surface area (Å²) in [6, 6.07) is 7.01. The number of nitrogens with zero attached hydrogens (tertiary/aromatic N) is 5. The van der Waals surface area contributed by atoms with Crippen molar-refractivity contribution in [2.24, 2.45) is 0 Å². The van der Waals surface area contributed by atoms with Crippen LogP contribution in [0.2, 0.25) is 0 Å². The monoisotopic (exact) mass is 347 g/mol. The average Bonchev–Trinajstić information content (AvgIpc) is 2.63. The Morgan fingerprint density at radius 2 is 1.72 bits per heavy atom. The molecule has 132 valence electrons. The lowest BCUT2D eigenvalue weighted by molar-refractivity contribution is 0.0746. The van der Waals surface area contributed by atoms with E-state index in [4.69, 9.17) is 0 Å². The van der Waals surface area contributed by atoms with Crippen molar-refractivity contribution in [3.8, 4) is 0 Å². The minimum Gasteiger partial charge on any atom is -0.361 e. The van der Waals surface area contributed by atoms with Crippen molar-refractivity contribution in [2.45, 2.75) is 0 Å². The number of amides is 1. The number of piperazine rings is 1. The SMILES string of the molecule is CN(C)c1ccc(N2CCN(C(=O)c3ccc(F)c(F)c3)CC2)nn1. The Bertz CT molecular complexity index is 758. The predicted octanol–water partition coefficient (Wildman–Crippen LogP) is 1.78. The summed E-state index contributed by atoms with van der Waals surface area (Å²) in [5.41, 5.74) is 0.155. The van der Waals surface area contributed by atoms with E-state index in [1.807, 2.05) is 36.0 Å². The summed E-state index contributed by atoms with van der Waals surface area (Å²) in [4.78, 5) is 18.0. The number of carbonyl (C=O) groups excluding carboxylic acids is 1. The van der Waals surface area contributed by atoms with Gasteiger partial charge in [0.1, 0.15) is 0 Å². The lowest BCUT2D eigenvalue weighted by Gasteiger charge is -2.35. The molecule has 0 bridgehead atoms. The molecule has 8 heteroatoms. The van der Waals surface area contributed by atoms with Crippen molar-refractivity contribution in [1.29, 1.82) is 0 Å². The Labute approximate surface area is 144 Å². The van der Waals surface area contributed by atoms with Gasteiger partial charge in [-0.1, -0.05) is 0 Å². The maximum atomic E-state index is 13.3. The minimum absolute atomic E-state index is 0.155. The highest BCUT2D eigenvalue weighted by atomic mass is 19.2. The highest BCUT2D eigenvalue weighted by Gasteiger charge is 2.23. The van der Waals surface area contributed by atoms with Crippen LogP contribution in [0.1, 0.15) is 10.4 Å². The van der Waals surface area contributed by atoms with E-state index in [2.05, 4.69) is 10.2 Å². The summed E-state index contributed by atoms with van der Waals surface area (Å²) >= 11 is 0. The first-order valence-electron chi connectivity index (χ1n) is 7.96. The fourth-order valence-electron chi connectivity index (χ4n) is 2.68. The number of aromatic nitrogens is 2. The van der Waals surface area contributed by atoms with Crippen LogP contribution >= 0.6 is 0 Å². The molecule has 0 atom stereocenters. The van der Waals surface area contributed by atoms with E-state index in [-0.39, 0.29) is 11.5 Å². The molecule has 2 heterocycles. The summed E-state index contributed by atoms with van der Waals surface area (Å²) in [5, 5.41) is 8.36. The molecular weight excluding hydrogens is 328 g/mol. The third-order valence-electron chi connectivity index (χ3n) is 4.15. The molecule has 3 rings (SSSR count). The quantitative estimate of drug-likeness (QED) is 0.847. The molecule has 0 N–H and O–H groups in total. The van der Waals surface area contributed by atoms with Gasteiger partial charge in [-0.05, 0) is 30.3 Å². The molecule has 0 aliphatic carbocycles. The smallest absolute Gasteiger partial charge is 0.254 e. The normalized spacial score (nSPS) is 14.6. The van der Waals surface area contributed by atoms with Gasteiger partial charge in [0.15, 0.2) is 23.3 Å². The Balaban J connectivity index is 1.63. The van der Waals surface area contributed by atoms with Crippen LogP contribution in [0.4, 0.5) is 20.4 Å². The molecule has 1 aliphatic rings. The number of carbonyl (C=O) groups is 1. The van der Waals surface area contributed by atoms with E-state index in [1.54, 1.807) is 4.90 Å².